The Kier molecular flexibility index (Phi) is 5.51. The molecule has 4 heteroatoms. The summed E-state index contributed by atoms with van der Waals surface area (Å²) in [6, 6.07) is 37.8. The highest BCUT2D eigenvalue weighted by molar-refractivity contribution is 9.10. The minimum Gasteiger partial charge on any atom is -0.261 e. The van der Waals surface area contributed by atoms with Crippen molar-refractivity contribution in [2.24, 2.45) is 5.10 Å². The lowest BCUT2D eigenvalue weighted by Crippen LogP contribution is -2.03. The van der Waals surface area contributed by atoms with Gasteiger partial charge in [-0.15, -0.1) is 0 Å². The van der Waals surface area contributed by atoms with Crippen molar-refractivity contribution in [3.8, 4) is 11.1 Å². The summed E-state index contributed by atoms with van der Waals surface area (Å²) >= 11 is 3.61. The summed E-state index contributed by atoms with van der Waals surface area (Å²) < 4.78 is 1.03. The standard InChI is InChI=1S/C31H22BrN3/c1-20(31-25-13-7-5-11-22(25)17-23-12-6-8-14-26(23)31)34-35-30-19-27(21-9-3-2-4-10-21)28-18-24(32)15-16-29(28)33-30/h2-19H,1H3,(H,33,35)/b34-20-. The summed E-state index contributed by atoms with van der Waals surface area (Å²) in [6.07, 6.45) is 0. The van der Waals surface area contributed by atoms with E-state index in [-0.39, 0.29) is 0 Å². The largest absolute Gasteiger partial charge is 0.261 e. The van der Waals surface area contributed by atoms with Gasteiger partial charge in [-0.1, -0.05) is 94.8 Å². The van der Waals surface area contributed by atoms with Crippen LogP contribution in [0.4, 0.5) is 5.82 Å². The summed E-state index contributed by atoms with van der Waals surface area (Å²) in [5.74, 6) is 0.711. The molecule has 5 aromatic carbocycles. The Morgan fingerprint density at radius 3 is 2.09 bits per heavy atom. The van der Waals surface area contributed by atoms with Gasteiger partial charge in [-0.2, -0.15) is 5.10 Å². The maximum Gasteiger partial charge on any atom is 0.147 e. The molecule has 0 aliphatic rings. The van der Waals surface area contributed by atoms with Gasteiger partial charge in [0.05, 0.1) is 11.2 Å². The summed E-state index contributed by atoms with van der Waals surface area (Å²) in [5.41, 5.74) is 8.48. The number of hydrogen-bond acceptors (Lipinski definition) is 3. The van der Waals surface area contributed by atoms with E-state index in [0.717, 1.165) is 37.8 Å². The molecule has 0 fully saturated rings. The maximum atomic E-state index is 4.85. The number of benzene rings is 5. The zero-order valence-electron chi connectivity index (χ0n) is 19.2. The molecular weight excluding hydrogens is 494 g/mol. The van der Waals surface area contributed by atoms with Crippen LogP contribution in [-0.4, -0.2) is 10.7 Å². The second-order valence-corrected chi connectivity index (χ2v) is 9.50. The molecule has 0 unspecified atom stereocenters. The van der Waals surface area contributed by atoms with Crippen molar-refractivity contribution >= 4 is 59.9 Å². The van der Waals surface area contributed by atoms with Crippen LogP contribution in [0.1, 0.15) is 12.5 Å². The van der Waals surface area contributed by atoms with Crippen LogP contribution < -0.4 is 5.43 Å². The molecule has 0 saturated carbocycles. The fourth-order valence-electron chi connectivity index (χ4n) is 4.71. The van der Waals surface area contributed by atoms with Gasteiger partial charge in [-0.3, -0.25) is 5.43 Å². The molecule has 0 atom stereocenters. The molecule has 0 aliphatic carbocycles. The van der Waals surface area contributed by atoms with Gasteiger partial charge < -0.3 is 0 Å². The highest BCUT2D eigenvalue weighted by atomic mass is 79.9. The van der Waals surface area contributed by atoms with Crippen molar-refractivity contribution in [3.63, 3.8) is 0 Å². The van der Waals surface area contributed by atoms with E-state index in [1.165, 1.54) is 21.5 Å². The summed E-state index contributed by atoms with van der Waals surface area (Å²) in [4.78, 5) is 4.85. The minimum absolute atomic E-state index is 0.711. The molecule has 0 amide bonds. The molecule has 0 aliphatic heterocycles. The zero-order chi connectivity index (χ0) is 23.8. The number of fused-ring (bicyclic) bond motifs is 3. The van der Waals surface area contributed by atoms with Crippen LogP contribution in [0.5, 0.6) is 0 Å². The van der Waals surface area contributed by atoms with Crippen molar-refractivity contribution in [2.45, 2.75) is 6.92 Å². The predicted molar refractivity (Wildman–Crippen MR) is 152 cm³/mol. The Morgan fingerprint density at radius 1 is 0.714 bits per heavy atom. The van der Waals surface area contributed by atoms with E-state index < -0.39 is 0 Å². The number of hydrazone groups is 1. The average Bonchev–Trinajstić information content (AvgIpc) is 2.90. The fourth-order valence-corrected chi connectivity index (χ4v) is 5.07. The van der Waals surface area contributed by atoms with Gasteiger partial charge in [0, 0.05) is 15.4 Å². The molecule has 0 saturated heterocycles. The third-order valence-corrected chi connectivity index (χ3v) is 6.82. The van der Waals surface area contributed by atoms with Gasteiger partial charge in [0.1, 0.15) is 5.82 Å². The van der Waals surface area contributed by atoms with Crippen LogP contribution in [-0.2, 0) is 0 Å². The van der Waals surface area contributed by atoms with Crippen LogP contribution in [0.2, 0.25) is 0 Å². The van der Waals surface area contributed by atoms with E-state index in [9.17, 15) is 0 Å². The first-order chi connectivity index (χ1) is 17.2. The molecule has 6 rings (SSSR count). The molecule has 0 spiro atoms. The van der Waals surface area contributed by atoms with Gasteiger partial charge >= 0.3 is 0 Å². The number of anilines is 1. The van der Waals surface area contributed by atoms with Gasteiger partial charge in [0.2, 0.25) is 0 Å². The number of aromatic nitrogens is 1. The van der Waals surface area contributed by atoms with E-state index in [1.807, 2.05) is 18.2 Å². The molecule has 6 aromatic rings. The van der Waals surface area contributed by atoms with E-state index in [1.54, 1.807) is 0 Å². The van der Waals surface area contributed by atoms with Crippen LogP contribution in [0.3, 0.4) is 0 Å². The number of halogens is 1. The lowest BCUT2D eigenvalue weighted by Gasteiger charge is -2.13. The number of nitrogens with one attached hydrogen (secondary N) is 1. The van der Waals surface area contributed by atoms with Crippen molar-refractivity contribution in [1.82, 2.24) is 4.98 Å². The van der Waals surface area contributed by atoms with E-state index >= 15 is 0 Å². The Hall–Kier alpha value is -4.02. The van der Waals surface area contributed by atoms with Crippen molar-refractivity contribution in [3.05, 3.63) is 119 Å². The summed E-state index contributed by atoms with van der Waals surface area (Å²) in [6.45, 7) is 2.05. The van der Waals surface area contributed by atoms with Crippen LogP contribution in [0, 0.1) is 0 Å². The maximum absolute atomic E-state index is 4.85. The minimum atomic E-state index is 0.711. The smallest absolute Gasteiger partial charge is 0.147 e. The Bertz CT molecular complexity index is 1690. The summed E-state index contributed by atoms with van der Waals surface area (Å²) in [7, 11) is 0. The fraction of sp³-hybridized carbons (Fsp3) is 0.0323. The van der Waals surface area contributed by atoms with E-state index in [2.05, 4.69) is 119 Å². The first-order valence-corrected chi connectivity index (χ1v) is 12.3. The third-order valence-electron chi connectivity index (χ3n) is 6.33. The highest BCUT2D eigenvalue weighted by Crippen LogP contribution is 2.33. The van der Waals surface area contributed by atoms with Gasteiger partial charge in [-0.25, -0.2) is 4.98 Å². The number of nitrogens with zero attached hydrogens (tertiary/aromatic N) is 2. The molecule has 0 bridgehead atoms. The molecule has 1 heterocycles. The zero-order valence-corrected chi connectivity index (χ0v) is 20.8. The van der Waals surface area contributed by atoms with Gasteiger partial charge in [0.25, 0.3) is 0 Å². The van der Waals surface area contributed by atoms with Crippen LogP contribution in [0.15, 0.2) is 119 Å². The van der Waals surface area contributed by atoms with Crippen LogP contribution >= 0.6 is 15.9 Å². The molecule has 3 nitrogen and oxygen atoms in total. The average molecular weight is 516 g/mol. The Labute approximate surface area is 212 Å². The van der Waals surface area contributed by atoms with Crippen molar-refractivity contribution < 1.29 is 0 Å². The molecule has 1 aromatic heterocycles. The molecular formula is C31H22BrN3. The normalized spacial score (nSPS) is 11.9. The highest BCUT2D eigenvalue weighted by Gasteiger charge is 2.12. The van der Waals surface area contributed by atoms with Crippen molar-refractivity contribution in [1.29, 1.82) is 0 Å². The monoisotopic (exact) mass is 515 g/mol. The van der Waals surface area contributed by atoms with Crippen LogP contribution in [0.25, 0.3) is 43.6 Å². The number of hydrogen-bond donors (Lipinski definition) is 1. The Morgan fingerprint density at radius 2 is 1.37 bits per heavy atom. The molecule has 35 heavy (non-hydrogen) atoms. The molecule has 0 radical (unpaired) electrons. The first kappa shape index (κ1) is 21.5. The number of pyridine rings is 1. The van der Waals surface area contributed by atoms with Gasteiger partial charge in [-0.05, 0) is 69.9 Å². The SMILES string of the molecule is C/C(=N/Nc1cc(-c2ccccc2)c2cc(Br)ccc2n1)c1c2ccccc2cc2ccccc12. The first-order valence-electron chi connectivity index (χ1n) is 11.5. The quantitative estimate of drug-likeness (QED) is 0.144. The van der Waals surface area contributed by atoms with Crippen molar-refractivity contribution in [2.75, 3.05) is 5.43 Å². The van der Waals surface area contributed by atoms with E-state index in [0.29, 0.717) is 5.82 Å². The van der Waals surface area contributed by atoms with Gasteiger partial charge in [0.15, 0.2) is 0 Å². The third kappa shape index (κ3) is 4.07. The topological polar surface area (TPSA) is 37.3 Å². The Balaban J connectivity index is 1.48. The van der Waals surface area contributed by atoms with E-state index in [4.69, 9.17) is 10.1 Å². The lowest BCUT2D eigenvalue weighted by atomic mass is 9.94. The molecule has 1 N–H and O–H groups in total. The second kappa shape index (κ2) is 8.97. The second-order valence-electron chi connectivity index (χ2n) is 8.59. The number of rotatable bonds is 4. The lowest BCUT2D eigenvalue weighted by molar-refractivity contribution is 1.25. The predicted octanol–water partition coefficient (Wildman–Crippen LogP) is 8.81. The summed E-state index contributed by atoms with van der Waals surface area (Å²) in [5, 5.41) is 10.7. The molecule has 168 valence electrons.